The van der Waals surface area contributed by atoms with Crippen molar-refractivity contribution in [2.75, 3.05) is 0 Å². The zero-order chi connectivity index (χ0) is 16.4. The molecule has 0 saturated heterocycles. The molecule has 0 radical (unpaired) electrons. The standard InChI is InChI=1S/C15H21BClNO4/c1-8(18)11-7-12-10(6-13(11)17)5-9(14(12)15(19)20)3-2-4-16(21)22/h6-9,14,21-22H,2-5,18H2,1H3,(H,19,20). The van der Waals surface area contributed by atoms with E-state index in [-0.39, 0.29) is 18.3 Å². The summed E-state index contributed by atoms with van der Waals surface area (Å²) in [5, 5.41) is 28.0. The Kier molecular flexibility index (Phi) is 5.50. The van der Waals surface area contributed by atoms with Crippen molar-refractivity contribution in [1.29, 1.82) is 0 Å². The Labute approximate surface area is 135 Å². The summed E-state index contributed by atoms with van der Waals surface area (Å²) in [5.41, 5.74) is 8.40. The van der Waals surface area contributed by atoms with Crippen molar-refractivity contribution < 1.29 is 19.9 Å². The Bertz CT molecular complexity index is 565. The number of nitrogens with two attached hydrogens (primary N) is 1. The van der Waals surface area contributed by atoms with Gasteiger partial charge in [0, 0.05) is 11.1 Å². The number of carboxylic acid groups (broad SMARTS) is 1. The predicted octanol–water partition coefficient (Wildman–Crippen LogP) is 1.95. The lowest BCUT2D eigenvalue weighted by atomic mass is 9.80. The largest absolute Gasteiger partial charge is 0.481 e. The third kappa shape index (κ3) is 3.63. The lowest BCUT2D eigenvalue weighted by molar-refractivity contribution is -0.139. The molecule has 0 aromatic heterocycles. The first-order valence-corrected chi connectivity index (χ1v) is 7.85. The molecule has 0 spiro atoms. The van der Waals surface area contributed by atoms with E-state index >= 15 is 0 Å². The smallest absolute Gasteiger partial charge is 0.451 e. The summed E-state index contributed by atoms with van der Waals surface area (Å²) in [6.45, 7) is 1.82. The molecule has 2 rings (SSSR count). The van der Waals surface area contributed by atoms with Gasteiger partial charge in [-0.05, 0) is 54.8 Å². The van der Waals surface area contributed by atoms with Crippen LogP contribution in [0.25, 0.3) is 0 Å². The van der Waals surface area contributed by atoms with E-state index in [0.717, 1.165) is 16.7 Å². The second kappa shape index (κ2) is 7.00. The van der Waals surface area contributed by atoms with Crippen LogP contribution in [0.5, 0.6) is 0 Å². The topological polar surface area (TPSA) is 104 Å². The number of hydrogen-bond donors (Lipinski definition) is 4. The monoisotopic (exact) mass is 325 g/mol. The molecular weight excluding hydrogens is 304 g/mol. The van der Waals surface area contributed by atoms with Crippen LogP contribution in [-0.4, -0.2) is 28.2 Å². The fourth-order valence-electron chi connectivity index (χ4n) is 3.28. The van der Waals surface area contributed by atoms with Crippen LogP contribution in [-0.2, 0) is 11.2 Å². The Morgan fingerprint density at radius 3 is 2.73 bits per heavy atom. The van der Waals surface area contributed by atoms with Crippen molar-refractivity contribution in [3.63, 3.8) is 0 Å². The van der Waals surface area contributed by atoms with Crippen molar-refractivity contribution in [3.8, 4) is 0 Å². The van der Waals surface area contributed by atoms with E-state index in [1.165, 1.54) is 0 Å². The van der Waals surface area contributed by atoms with E-state index in [4.69, 9.17) is 27.4 Å². The van der Waals surface area contributed by atoms with E-state index in [2.05, 4.69) is 0 Å². The van der Waals surface area contributed by atoms with Crippen LogP contribution in [0, 0.1) is 5.92 Å². The van der Waals surface area contributed by atoms with E-state index < -0.39 is 19.0 Å². The number of carbonyl (C=O) groups is 1. The number of fused-ring (bicyclic) bond motifs is 1. The minimum atomic E-state index is -1.34. The van der Waals surface area contributed by atoms with Gasteiger partial charge in [-0.3, -0.25) is 4.79 Å². The van der Waals surface area contributed by atoms with Gasteiger partial charge in [0.2, 0.25) is 0 Å². The summed E-state index contributed by atoms with van der Waals surface area (Å²) in [6, 6.07) is 3.39. The maximum absolute atomic E-state index is 11.7. The second-order valence-corrected chi connectivity index (χ2v) is 6.46. The molecule has 0 aliphatic heterocycles. The predicted molar refractivity (Wildman–Crippen MR) is 85.9 cm³/mol. The van der Waals surface area contributed by atoms with Gasteiger partial charge >= 0.3 is 13.1 Å². The zero-order valence-corrected chi connectivity index (χ0v) is 13.3. The molecule has 120 valence electrons. The van der Waals surface area contributed by atoms with Crippen molar-refractivity contribution in [2.45, 2.75) is 44.5 Å². The Balaban J connectivity index is 2.25. The molecule has 0 heterocycles. The summed E-state index contributed by atoms with van der Waals surface area (Å²) in [6.07, 6.45) is 2.11. The van der Waals surface area contributed by atoms with Gasteiger partial charge in [0.15, 0.2) is 0 Å². The number of rotatable bonds is 6. The third-order valence-corrected chi connectivity index (χ3v) is 4.67. The van der Waals surface area contributed by atoms with E-state index in [9.17, 15) is 9.90 Å². The maximum Gasteiger partial charge on any atom is 0.451 e. The molecule has 0 fully saturated rings. The minimum absolute atomic E-state index is 0.0503. The highest BCUT2D eigenvalue weighted by Gasteiger charge is 2.38. The average Bonchev–Trinajstić information content (AvgIpc) is 2.74. The third-order valence-electron chi connectivity index (χ3n) is 4.34. The van der Waals surface area contributed by atoms with Crippen LogP contribution >= 0.6 is 11.6 Å². The van der Waals surface area contributed by atoms with Gasteiger partial charge < -0.3 is 20.9 Å². The Hall–Kier alpha value is -1.08. The highest BCUT2D eigenvalue weighted by molar-refractivity contribution is 6.40. The van der Waals surface area contributed by atoms with Crippen LogP contribution in [0.3, 0.4) is 0 Å². The van der Waals surface area contributed by atoms with Gasteiger partial charge in [0.05, 0.1) is 5.92 Å². The first-order valence-electron chi connectivity index (χ1n) is 7.48. The molecule has 5 N–H and O–H groups in total. The lowest BCUT2D eigenvalue weighted by Gasteiger charge is -2.17. The highest BCUT2D eigenvalue weighted by atomic mass is 35.5. The summed E-state index contributed by atoms with van der Waals surface area (Å²) in [7, 11) is -1.34. The summed E-state index contributed by atoms with van der Waals surface area (Å²) in [5.74, 6) is -1.49. The number of aliphatic carboxylic acids is 1. The first kappa shape index (κ1) is 17.3. The molecule has 7 heteroatoms. The number of carboxylic acids is 1. The minimum Gasteiger partial charge on any atom is -0.481 e. The second-order valence-electron chi connectivity index (χ2n) is 6.05. The Morgan fingerprint density at radius 1 is 1.50 bits per heavy atom. The van der Waals surface area contributed by atoms with Gasteiger partial charge in [-0.1, -0.05) is 24.1 Å². The molecule has 1 aliphatic carbocycles. The van der Waals surface area contributed by atoms with Gasteiger partial charge in [-0.25, -0.2) is 0 Å². The number of hydrogen-bond acceptors (Lipinski definition) is 4. The number of halogens is 1. The zero-order valence-electron chi connectivity index (χ0n) is 12.5. The molecule has 0 bridgehead atoms. The maximum atomic E-state index is 11.7. The lowest BCUT2D eigenvalue weighted by Crippen LogP contribution is -2.19. The van der Waals surface area contributed by atoms with Crippen molar-refractivity contribution in [1.82, 2.24) is 0 Å². The van der Waals surface area contributed by atoms with Crippen LogP contribution in [0.15, 0.2) is 12.1 Å². The molecular formula is C15H21BClNO4. The van der Waals surface area contributed by atoms with Gasteiger partial charge in [0.25, 0.3) is 0 Å². The van der Waals surface area contributed by atoms with E-state index in [1.807, 2.05) is 19.1 Å². The molecule has 22 heavy (non-hydrogen) atoms. The average molecular weight is 326 g/mol. The van der Waals surface area contributed by atoms with Crippen LogP contribution in [0.4, 0.5) is 0 Å². The number of benzene rings is 1. The highest BCUT2D eigenvalue weighted by Crippen LogP contribution is 2.43. The summed E-state index contributed by atoms with van der Waals surface area (Å²) >= 11 is 6.23. The molecule has 0 amide bonds. The fraction of sp³-hybridized carbons (Fsp3) is 0.533. The van der Waals surface area contributed by atoms with Crippen LogP contribution in [0.2, 0.25) is 11.3 Å². The normalized spacial score (nSPS) is 21.5. The van der Waals surface area contributed by atoms with Gasteiger partial charge in [-0.2, -0.15) is 0 Å². The van der Waals surface area contributed by atoms with E-state index in [0.29, 0.717) is 24.3 Å². The SMILES string of the molecule is CC(N)c1cc2c(cc1Cl)CC(CCCB(O)O)C2C(=O)O. The molecule has 3 unspecified atom stereocenters. The Morgan fingerprint density at radius 2 is 2.18 bits per heavy atom. The van der Waals surface area contributed by atoms with Gasteiger partial charge in [0.1, 0.15) is 0 Å². The van der Waals surface area contributed by atoms with Crippen molar-refractivity contribution in [3.05, 3.63) is 33.8 Å². The van der Waals surface area contributed by atoms with Crippen molar-refractivity contribution >= 4 is 24.7 Å². The first-order chi connectivity index (χ1) is 10.3. The molecule has 1 aromatic carbocycles. The fourth-order valence-corrected chi connectivity index (χ4v) is 3.64. The van der Waals surface area contributed by atoms with E-state index in [1.54, 1.807) is 0 Å². The van der Waals surface area contributed by atoms with Crippen molar-refractivity contribution in [2.24, 2.45) is 11.7 Å². The van der Waals surface area contributed by atoms with Crippen LogP contribution < -0.4 is 5.73 Å². The molecule has 1 aromatic rings. The summed E-state index contributed by atoms with van der Waals surface area (Å²) in [4.78, 5) is 11.7. The summed E-state index contributed by atoms with van der Waals surface area (Å²) < 4.78 is 0. The van der Waals surface area contributed by atoms with Crippen LogP contribution in [0.1, 0.15) is 48.4 Å². The quantitative estimate of drug-likeness (QED) is 0.599. The molecule has 5 nitrogen and oxygen atoms in total. The van der Waals surface area contributed by atoms with Gasteiger partial charge in [-0.15, -0.1) is 0 Å². The molecule has 1 aliphatic rings. The molecule has 0 saturated carbocycles. The molecule has 3 atom stereocenters.